The summed E-state index contributed by atoms with van der Waals surface area (Å²) in [6, 6.07) is 41.2. The van der Waals surface area contributed by atoms with Crippen LogP contribution in [0.15, 0.2) is 121 Å². The number of aromatic amines is 2. The van der Waals surface area contributed by atoms with Gasteiger partial charge in [-0.1, -0.05) is 81.4 Å². The fourth-order valence-corrected chi connectivity index (χ4v) is 7.51. The number of hydrogen-bond donors (Lipinski definition) is 5. The van der Waals surface area contributed by atoms with Crippen molar-refractivity contribution < 1.29 is 0 Å². The Morgan fingerprint density at radius 2 is 0.618 bits per heavy atom. The summed E-state index contributed by atoms with van der Waals surface area (Å²) in [4.78, 5) is 18.4. The minimum absolute atomic E-state index is 0.0202. The molecule has 7 nitrogen and oxygen atoms in total. The second-order valence-corrected chi connectivity index (χ2v) is 15.2. The van der Waals surface area contributed by atoms with Crippen LogP contribution in [0, 0.1) is 0 Å². The number of nitrogen functional groups attached to an aromatic ring is 3. The number of H-pyrrole nitrogens is 2. The predicted molar refractivity (Wildman–Crippen MR) is 233 cm³/mol. The van der Waals surface area contributed by atoms with Gasteiger partial charge in [-0.2, -0.15) is 0 Å². The third-order valence-electron chi connectivity index (χ3n) is 10.4. The lowest BCUT2D eigenvalue weighted by molar-refractivity contribution is 0.590. The SMILES string of the molecule is CC(C)(C)c1ccc(-c2c3nc(c(-c4ccc(N)cc4)c4ccc([nH]4)c(-c4ccc(N)cc4)c4nc(c(-c5ccc(N)cc5)c5ccc2[nH]5)C=C4)C=C3)cc1. The number of rotatable bonds is 4. The standard InChI is InChI=1S/C48H41N7/c1-48(2,3)32-12-4-28(5-13-32)44-36-20-22-38(52-36)45(29-6-14-33(49)15-7-29)40-24-26-42(54-40)47(31-10-18-35(51)19-11-31)43-27-25-41(55-43)46(39-23-21-37(44)53-39)30-8-16-34(50)17-9-30/h4-27,52,55H,49-51H2,1-3H3. The Morgan fingerprint density at radius 1 is 0.364 bits per heavy atom. The summed E-state index contributed by atoms with van der Waals surface area (Å²) in [5.74, 6) is 0. The molecule has 0 fully saturated rings. The van der Waals surface area contributed by atoms with Crippen LogP contribution in [0.3, 0.4) is 0 Å². The van der Waals surface area contributed by atoms with Crippen molar-refractivity contribution in [1.29, 1.82) is 0 Å². The van der Waals surface area contributed by atoms with E-state index in [1.54, 1.807) is 0 Å². The number of benzene rings is 4. The first kappa shape index (κ1) is 33.7. The maximum absolute atomic E-state index is 6.18. The lowest BCUT2D eigenvalue weighted by Crippen LogP contribution is -2.10. The quantitative estimate of drug-likeness (QED) is 0.116. The van der Waals surface area contributed by atoms with Crippen LogP contribution in [-0.4, -0.2) is 19.9 Å². The summed E-state index contributed by atoms with van der Waals surface area (Å²) in [5.41, 5.74) is 36.9. The summed E-state index contributed by atoms with van der Waals surface area (Å²) in [6.45, 7) is 6.70. The maximum atomic E-state index is 6.18. The molecule has 2 aliphatic heterocycles. The molecule has 0 unspecified atom stereocenters. The maximum Gasteiger partial charge on any atom is 0.0737 e. The Labute approximate surface area is 320 Å². The highest BCUT2D eigenvalue weighted by Gasteiger charge is 2.20. The highest BCUT2D eigenvalue weighted by molar-refractivity contribution is 6.00. The van der Waals surface area contributed by atoms with Crippen molar-refractivity contribution in [2.45, 2.75) is 26.2 Å². The van der Waals surface area contributed by atoms with Gasteiger partial charge in [0.1, 0.15) is 0 Å². The molecule has 7 aromatic rings. The molecule has 0 spiro atoms. The van der Waals surface area contributed by atoms with Gasteiger partial charge in [0.15, 0.2) is 0 Å². The molecule has 268 valence electrons. The minimum atomic E-state index is 0.0202. The van der Waals surface area contributed by atoms with Crippen molar-refractivity contribution in [3.05, 3.63) is 150 Å². The van der Waals surface area contributed by atoms with E-state index in [0.717, 1.165) is 89.4 Å². The van der Waals surface area contributed by atoms with E-state index in [0.29, 0.717) is 17.1 Å². The summed E-state index contributed by atoms with van der Waals surface area (Å²) >= 11 is 0. The van der Waals surface area contributed by atoms with E-state index in [4.69, 9.17) is 27.2 Å². The highest BCUT2D eigenvalue weighted by Crippen LogP contribution is 2.39. The van der Waals surface area contributed by atoms with Crippen molar-refractivity contribution in [1.82, 2.24) is 19.9 Å². The number of anilines is 3. The van der Waals surface area contributed by atoms with Gasteiger partial charge in [0.25, 0.3) is 0 Å². The molecule has 0 aliphatic carbocycles. The van der Waals surface area contributed by atoms with Crippen molar-refractivity contribution in [3.63, 3.8) is 0 Å². The normalized spacial score (nSPS) is 12.3. The van der Waals surface area contributed by atoms with Crippen LogP contribution in [0.1, 0.15) is 49.1 Å². The topological polar surface area (TPSA) is 135 Å². The van der Waals surface area contributed by atoms with E-state index in [1.165, 1.54) is 5.56 Å². The molecule has 8 bridgehead atoms. The molecule has 0 saturated heterocycles. The van der Waals surface area contributed by atoms with E-state index >= 15 is 0 Å². The Morgan fingerprint density at radius 3 is 0.873 bits per heavy atom. The monoisotopic (exact) mass is 715 g/mol. The number of fused-ring (bicyclic) bond motifs is 8. The van der Waals surface area contributed by atoms with Gasteiger partial charge in [-0.05, 0) is 118 Å². The zero-order valence-electron chi connectivity index (χ0n) is 31.0. The van der Waals surface area contributed by atoms with Crippen molar-refractivity contribution in [2.75, 3.05) is 17.2 Å². The van der Waals surface area contributed by atoms with E-state index in [2.05, 4.69) is 128 Å². The lowest BCUT2D eigenvalue weighted by Gasteiger charge is -2.19. The van der Waals surface area contributed by atoms with E-state index < -0.39 is 0 Å². The number of nitrogens with two attached hydrogens (primary N) is 3. The molecule has 4 aromatic carbocycles. The first-order valence-corrected chi connectivity index (χ1v) is 18.4. The predicted octanol–water partition coefficient (Wildman–Crippen LogP) is 11.4. The molecular formula is C48H41N7. The molecule has 9 rings (SSSR count). The van der Waals surface area contributed by atoms with Crippen LogP contribution in [0.25, 0.3) is 90.9 Å². The van der Waals surface area contributed by atoms with Gasteiger partial charge in [0.05, 0.1) is 22.8 Å². The second kappa shape index (κ2) is 13.1. The number of nitrogens with one attached hydrogen (secondary N) is 2. The first-order valence-electron chi connectivity index (χ1n) is 18.4. The fourth-order valence-electron chi connectivity index (χ4n) is 7.51. The summed E-state index contributed by atoms with van der Waals surface area (Å²) in [7, 11) is 0. The van der Waals surface area contributed by atoms with Gasteiger partial charge in [0, 0.05) is 61.4 Å². The Bertz CT molecular complexity index is 2790. The van der Waals surface area contributed by atoms with Crippen molar-refractivity contribution >= 4 is 63.4 Å². The second-order valence-electron chi connectivity index (χ2n) is 15.2. The van der Waals surface area contributed by atoms with Gasteiger partial charge < -0.3 is 27.2 Å². The molecule has 2 aliphatic rings. The highest BCUT2D eigenvalue weighted by atomic mass is 14.8. The van der Waals surface area contributed by atoms with Crippen LogP contribution < -0.4 is 17.2 Å². The molecule has 0 atom stereocenters. The molecule has 0 saturated carbocycles. The van der Waals surface area contributed by atoms with Crippen LogP contribution >= 0.6 is 0 Å². The smallest absolute Gasteiger partial charge is 0.0737 e. The number of nitrogens with zero attached hydrogens (tertiary/aromatic N) is 2. The summed E-state index contributed by atoms with van der Waals surface area (Å²) in [6.07, 6.45) is 8.40. The van der Waals surface area contributed by atoms with Crippen molar-refractivity contribution in [3.8, 4) is 44.5 Å². The van der Waals surface area contributed by atoms with Gasteiger partial charge >= 0.3 is 0 Å². The summed E-state index contributed by atoms with van der Waals surface area (Å²) < 4.78 is 0. The van der Waals surface area contributed by atoms with Crippen molar-refractivity contribution in [2.24, 2.45) is 0 Å². The largest absolute Gasteiger partial charge is 0.399 e. The molecule has 0 amide bonds. The Balaban J connectivity index is 1.45. The number of hydrogen-bond acceptors (Lipinski definition) is 5. The average molecular weight is 716 g/mol. The molecule has 5 heterocycles. The van der Waals surface area contributed by atoms with Gasteiger partial charge in [-0.3, -0.25) is 0 Å². The molecule has 8 N–H and O–H groups in total. The summed E-state index contributed by atoms with van der Waals surface area (Å²) in [5, 5.41) is 0. The lowest BCUT2D eigenvalue weighted by atomic mass is 9.86. The van der Waals surface area contributed by atoms with E-state index in [-0.39, 0.29) is 5.41 Å². The van der Waals surface area contributed by atoms with Crippen LogP contribution in [0.4, 0.5) is 17.1 Å². The molecular weight excluding hydrogens is 675 g/mol. The fraction of sp³-hybridized carbons (Fsp3) is 0.0833. The zero-order valence-corrected chi connectivity index (χ0v) is 31.0. The molecule has 0 radical (unpaired) electrons. The number of aromatic nitrogens is 4. The van der Waals surface area contributed by atoms with Gasteiger partial charge in [-0.15, -0.1) is 0 Å². The molecule has 3 aromatic heterocycles. The Hall–Kier alpha value is -7.12. The first-order chi connectivity index (χ1) is 26.6. The van der Waals surface area contributed by atoms with E-state index in [1.807, 2.05) is 48.5 Å². The van der Waals surface area contributed by atoms with Crippen LogP contribution in [0.2, 0.25) is 0 Å². The third-order valence-corrected chi connectivity index (χ3v) is 10.4. The zero-order chi connectivity index (χ0) is 37.8. The molecule has 7 heteroatoms. The van der Waals surface area contributed by atoms with Gasteiger partial charge in [-0.25, -0.2) is 9.97 Å². The Kier molecular flexibility index (Phi) is 8.01. The average Bonchev–Trinajstić information content (AvgIpc) is 4.01. The minimum Gasteiger partial charge on any atom is -0.399 e. The van der Waals surface area contributed by atoms with Gasteiger partial charge in [0.2, 0.25) is 0 Å². The van der Waals surface area contributed by atoms with Crippen LogP contribution in [0.5, 0.6) is 0 Å². The third kappa shape index (κ3) is 6.25. The van der Waals surface area contributed by atoms with E-state index in [9.17, 15) is 0 Å². The molecule has 55 heavy (non-hydrogen) atoms. The van der Waals surface area contributed by atoms with Crippen LogP contribution in [-0.2, 0) is 5.41 Å².